The van der Waals surface area contributed by atoms with E-state index in [0.717, 1.165) is 12.8 Å². The molecule has 0 amide bonds. The van der Waals surface area contributed by atoms with E-state index < -0.39 is 11.2 Å². The average Bonchev–Trinajstić information content (AvgIpc) is 2.78. The summed E-state index contributed by atoms with van der Waals surface area (Å²) in [4.78, 5) is 0. The molecule has 2 heteroatoms. The molecule has 0 aromatic carbocycles. The maximum Gasteiger partial charge on any atom is 0.0747 e. The highest BCUT2D eigenvalue weighted by molar-refractivity contribution is 5.41. The Bertz CT molecular complexity index is 466. The van der Waals surface area contributed by atoms with Gasteiger partial charge in [0, 0.05) is 11.3 Å². The van der Waals surface area contributed by atoms with Crippen LogP contribution in [0.2, 0.25) is 0 Å². The summed E-state index contributed by atoms with van der Waals surface area (Å²) >= 11 is 0. The van der Waals surface area contributed by atoms with Crippen LogP contribution < -0.4 is 0 Å². The number of hydrogen-bond acceptors (Lipinski definition) is 2. The maximum absolute atomic E-state index is 11.2. The van der Waals surface area contributed by atoms with Gasteiger partial charge < -0.3 is 10.2 Å². The van der Waals surface area contributed by atoms with Gasteiger partial charge in [0.2, 0.25) is 0 Å². The molecule has 20 heavy (non-hydrogen) atoms. The minimum atomic E-state index is -0.706. The minimum absolute atomic E-state index is 0.0997. The van der Waals surface area contributed by atoms with Gasteiger partial charge in [-0.15, -0.1) is 13.2 Å². The number of rotatable bonds is 4. The average molecular weight is 276 g/mol. The molecule has 0 aromatic heterocycles. The van der Waals surface area contributed by atoms with Crippen molar-refractivity contribution >= 4 is 0 Å². The summed E-state index contributed by atoms with van der Waals surface area (Å²) in [6.07, 6.45) is 6.61. The zero-order chi connectivity index (χ0) is 15.0. The van der Waals surface area contributed by atoms with E-state index >= 15 is 0 Å². The van der Waals surface area contributed by atoms with Crippen molar-refractivity contribution in [1.29, 1.82) is 0 Å². The van der Waals surface area contributed by atoms with E-state index in [1.54, 1.807) is 0 Å². The molecular weight excluding hydrogens is 248 g/mol. The third-order valence-electron chi connectivity index (χ3n) is 7.29. The second kappa shape index (κ2) is 3.78. The summed E-state index contributed by atoms with van der Waals surface area (Å²) in [6.45, 7) is 14.4. The van der Waals surface area contributed by atoms with Crippen LogP contribution in [0.3, 0.4) is 0 Å². The predicted octanol–water partition coefficient (Wildman–Crippen LogP) is 3.30. The van der Waals surface area contributed by atoms with E-state index in [2.05, 4.69) is 33.9 Å². The minimum Gasteiger partial charge on any atom is -0.389 e. The van der Waals surface area contributed by atoms with Crippen LogP contribution >= 0.6 is 0 Å². The van der Waals surface area contributed by atoms with Gasteiger partial charge in [-0.2, -0.15) is 0 Å². The molecule has 1 spiro atoms. The molecule has 3 aliphatic carbocycles. The highest BCUT2D eigenvalue weighted by atomic mass is 16.3. The first-order valence-electron chi connectivity index (χ1n) is 7.91. The van der Waals surface area contributed by atoms with Crippen molar-refractivity contribution < 1.29 is 10.2 Å². The van der Waals surface area contributed by atoms with Crippen LogP contribution in [0.25, 0.3) is 0 Å². The van der Waals surface area contributed by atoms with Crippen LogP contribution in [0.1, 0.15) is 46.5 Å². The van der Waals surface area contributed by atoms with Crippen molar-refractivity contribution in [2.45, 2.75) is 57.7 Å². The first-order chi connectivity index (χ1) is 9.24. The third-order valence-corrected chi connectivity index (χ3v) is 7.29. The summed E-state index contributed by atoms with van der Waals surface area (Å²) in [6, 6.07) is 0. The molecule has 0 saturated heterocycles. The molecule has 0 radical (unpaired) electrons. The molecule has 3 rings (SSSR count). The van der Waals surface area contributed by atoms with E-state index in [1.807, 2.05) is 12.2 Å². The van der Waals surface area contributed by atoms with Gasteiger partial charge in [-0.1, -0.05) is 32.9 Å². The standard InChI is InChI=1S/C18H28O2/c1-6-8-16(19)10-12(3)18-13(4)11-17(20,9-7-2)15(18,5)14(16)18/h6-7,12-14,19-20H,1-2,8-11H2,3-5H3/t12?,13-,14+,15+,16+,17+,18?/m1/s1. The molecule has 2 unspecified atom stereocenters. The first-order valence-corrected chi connectivity index (χ1v) is 7.91. The van der Waals surface area contributed by atoms with Gasteiger partial charge in [0.1, 0.15) is 0 Å². The highest BCUT2D eigenvalue weighted by Gasteiger charge is 2.93. The van der Waals surface area contributed by atoms with Gasteiger partial charge in [-0.25, -0.2) is 0 Å². The van der Waals surface area contributed by atoms with Crippen molar-refractivity contribution in [3.8, 4) is 0 Å². The fourth-order valence-electron chi connectivity index (χ4n) is 7.10. The van der Waals surface area contributed by atoms with Gasteiger partial charge in [-0.05, 0) is 42.9 Å². The van der Waals surface area contributed by atoms with Crippen molar-refractivity contribution in [1.82, 2.24) is 0 Å². The first kappa shape index (κ1) is 14.3. The Labute approximate surface area is 122 Å². The Kier molecular flexibility index (Phi) is 2.71. The van der Waals surface area contributed by atoms with Gasteiger partial charge in [0.15, 0.2) is 0 Å². The highest BCUT2D eigenvalue weighted by Crippen LogP contribution is 2.91. The Morgan fingerprint density at radius 1 is 1.05 bits per heavy atom. The lowest BCUT2D eigenvalue weighted by atomic mass is 9.72. The summed E-state index contributed by atoms with van der Waals surface area (Å²) in [7, 11) is 0. The lowest BCUT2D eigenvalue weighted by Gasteiger charge is -2.38. The van der Waals surface area contributed by atoms with E-state index in [0.29, 0.717) is 24.7 Å². The molecule has 112 valence electrons. The molecule has 0 heterocycles. The molecule has 0 bridgehead atoms. The van der Waals surface area contributed by atoms with E-state index in [4.69, 9.17) is 0 Å². The normalized spacial score (nSPS) is 60.0. The second-order valence-electron chi connectivity index (χ2n) is 7.90. The zero-order valence-electron chi connectivity index (χ0n) is 13.0. The lowest BCUT2D eigenvalue weighted by molar-refractivity contribution is -0.0734. The van der Waals surface area contributed by atoms with Crippen LogP contribution in [0.15, 0.2) is 25.3 Å². The molecule has 2 nitrogen and oxygen atoms in total. The predicted molar refractivity (Wildman–Crippen MR) is 81.1 cm³/mol. The molecule has 0 aliphatic heterocycles. The number of aliphatic hydroxyl groups is 2. The Hall–Kier alpha value is -0.600. The third kappa shape index (κ3) is 1.16. The van der Waals surface area contributed by atoms with Gasteiger partial charge in [0.25, 0.3) is 0 Å². The van der Waals surface area contributed by atoms with Crippen molar-refractivity contribution in [2.24, 2.45) is 28.6 Å². The topological polar surface area (TPSA) is 40.5 Å². The Morgan fingerprint density at radius 3 is 2.15 bits per heavy atom. The molecular formula is C18H28O2. The van der Waals surface area contributed by atoms with Gasteiger partial charge in [-0.3, -0.25) is 0 Å². The zero-order valence-corrected chi connectivity index (χ0v) is 13.0. The smallest absolute Gasteiger partial charge is 0.0747 e. The van der Waals surface area contributed by atoms with E-state index in [-0.39, 0.29) is 16.7 Å². The molecule has 3 fully saturated rings. The van der Waals surface area contributed by atoms with Crippen molar-refractivity contribution in [3.05, 3.63) is 25.3 Å². The summed E-state index contributed by atoms with van der Waals surface area (Å²) in [5.74, 6) is 1.11. The van der Waals surface area contributed by atoms with Crippen LogP contribution in [0.4, 0.5) is 0 Å². The fourth-order valence-corrected chi connectivity index (χ4v) is 7.10. The molecule has 3 saturated carbocycles. The quantitative estimate of drug-likeness (QED) is 0.773. The number of fused-ring (bicyclic) bond motifs is 1. The van der Waals surface area contributed by atoms with Crippen molar-refractivity contribution in [2.75, 3.05) is 0 Å². The van der Waals surface area contributed by atoms with E-state index in [9.17, 15) is 10.2 Å². The van der Waals surface area contributed by atoms with E-state index in [1.165, 1.54) is 0 Å². The second-order valence-corrected chi connectivity index (χ2v) is 7.90. The summed E-state index contributed by atoms with van der Waals surface area (Å²) < 4.78 is 0. The summed E-state index contributed by atoms with van der Waals surface area (Å²) in [5, 5.41) is 22.4. The summed E-state index contributed by atoms with van der Waals surface area (Å²) in [5.41, 5.74) is -1.46. The van der Waals surface area contributed by atoms with Crippen LogP contribution in [0, 0.1) is 28.6 Å². The Balaban J connectivity index is 2.08. The molecule has 7 atom stereocenters. The van der Waals surface area contributed by atoms with Crippen LogP contribution in [-0.4, -0.2) is 21.4 Å². The maximum atomic E-state index is 11.2. The van der Waals surface area contributed by atoms with Crippen LogP contribution in [0.5, 0.6) is 0 Å². The molecule has 2 N–H and O–H groups in total. The van der Waals surface area contributed by atoms with Gasteiger partial charge in [0.05, 0.1) is 11.2 Å². The molecule has 3 aliphatic rings. The SMILES string of the molecule is C=CC[C@]1(O)CC(C)C23[C@H](C)C[C@@](O)(CC=C)[C@]2(C)[C@H]31. The van der Waals surface area contributed by atoms with Gasteiger partial charge >= 0.3 is 0 Å². The Morgan fingerprint density at radius 2 is 1.60 bits per heavy atom. The largest absolute Gasteiger partial charge is 0.389 e. The lowest BCUT2D eigenvalue weighted by Crippen LogP contribution is -2.44. The molecule has 0 aromatic rings. The number of hydrogen-bond donors (Lipinski definition) is 2. The fraction of sp³-hybridized carbons (Fsp3) is 0.778. The monoisotopic (exact) mass is 276 g/mol. The van der Waals surface area contributed by atoms with Crippen LogP contribution in [-0.2, 0) is 0 Å². The van der Waals surface area contributed by atoms with Crippen molar-refractivity contribution in [3.63, 3.8) is 0 Å².